The third-order valence-corrected chi connectivity index (χ3v) is 6.23. The quantitative estimate of drug-likeness (QED) is 0.768. The molecule has 0 spiro atoms. The molecule has 4 heterocycles. The molecule has 2 unspecified atom stereocenters. The Bertz CT molecular complexity index is 979. The fourth-order valence-corrected chi connectivity index (χ4v) is 4.40. The number of hydrogen-bond donors (Lipinski definition) is 1. The van der Waals surface area contributed by atoms with Crippen LogP contribution in [0.2, 0.25) is 0 Å². The molecule has 4 rings (SSSR count). The van der Waals surface area contributed by atoms with E-state index in [1.165, 1.54) is 0 Å². The van der Waals surface area contributed by atoms with Gasteiger partial charge in [0.1, 0.15) is 17.7 Å². The number of carbonyl (C=O) groups excluding carboxylic acids is 1. The van der Waals surface area contributed by atoms with E-state index in [0.29, 0.717) is 43.7 Å². The number of aromatic nitrogens is 2. The molecule has 0 aromatic carbocycles. The Morgan fingerprint density at radius 2 is 2.00 bits per heavy atom. The molecule has 1 amide bonds. The predicted octanol–water partition coefficient (Wildman–Crippen LogP) is 3.06. The number of amides is 1. The van der Waals surface area contributed by atoms with Crippen molar-refractivity contribution in [1.29, 1.82) is 0 Å². The maximum absolute atomic E-state index is 15.1. The van der Waals surface area contributed by atoms with Gasteiger partial charge in [0, 0.05) is 72.1 Å². The number of piperidine rings is 1. The third kappa shape index (κ3) is 5.42. The molecule has 32 heavy (non-hydrogen) atoms. The van der Waals surface area contributed by atoms with Crippen LogP contribution in [0.3, 0.4) is 0 Å². The highest BCUT2D eigenvalue weighted by molar-refractivity contribution is 6.03. The van der Waals surface area contributed by atoms with Gasteiger partial charge in [-0.1, -0.05) is 6.07 Å². The first-order valence-electron chi connectivity index (χ1n) is 12.3. The average Bonchev–Trinajstić information content (AvgIpc) is 2.97. The Hall–Kier alpha value is -2.58. The first-order chi connectivity index (χ1) is 16.2. The van der Waals surface area contributed by atoms with E-state index in [-0.39, 0.29) is 24.1 Å². The second-order valence-corrected chi connectivity index (χ2v) is 8.63. The maximum Gasteiger partial charge on any atom is 0.274 e. The number of likely N-dealkylation sites (tertiary alicyclic amines) is 1. The van der Waals surface area contributed by atoms with Gasteiger partial charge in [-0.2, -0.15) is 0 Å². The molecule has 2 fully saturated rings. The van der Waals surface area contributed by atoms with Crippen molar-refractivity contribution in [3.8, 4) is 0 Å². The summed E-state index contributed by atoms with van der Waals surface area (Å²) < 4.78 is 32.4. The standard InChI is InChI=1S/C24H33FN6O/c1-18(2)31-14-9-22(20(25)17-31)29-12-4-13-30(16-15-29)23-6-3-5-21(28-23)24(32)27-19-7-10-26-11-8-19/h3,5-8,10-11,18,20,22H,4,9,12-17H2,1-2H3,(H,26,27,32)/i13D2. The number of carbonyl (C=O) groups is 1. The number of alkyl halides is 1. The van der Waals surface area contributed by atoms with Gasteiger partial charge in [0.05, 0.1) is 0 Å². The van der Waals surface area contributed by atoms with Gasteiger partial charge in [0.2, 0.25) is 0 Å². The van der Waals surface area contributed by atoms with Crippen molar-refractivity contribution in [3.63, 3.8) is 0 Å². The van der Waals surface area contributed by atoms with Gasteiger partial charge in [-0.3, -0.25) is 19.6 Å². The molecule has 7 nitrogen and oxygen atoms in total. The summed E-state index contributed by atoms with van der Waals surface area (Å²) in [5.41, 5.74) is 0.813. The van der Waals surface area contributed by atoms with Gasteiger partial charge >= 0.3 is 0 Å². The molecule has 2 aromatic rings. The van der Waals surface area contributed by atoms with Crippen molar-refractivity contribution in [2.75, 3.05) is 49.4 Å². The summed E-state index contributed by atoms with van der Waals surface area (Å²) >= 11 is 0. The molecule has 0 aliphatic carbocycles. The summed E-state index contributed by atoms with van der Waals surface area (Å²) in [6.07, 6.45) is 3.20. The van der Waals surface area contributed by atoms with Crippen LogP contribution in [0.5, 0.6) is 0 Å². The summed E-state index contributed by atoms with van der Waals surface area (Å²) in [6, 6.07) is 8.53. The Morgan fingerprint density at radius 3 is 2.75 bits per heavy atom. The van der Waals surface area contributed by atoms with E-state index in [1.54, 1.807) is 47.6 Å². The van der Waals surface area contributed by atoms with Gasteiger partial charge < -0.3 is 10.2 Å². The van der Waals surface area contributed by atoms with Crippen LogP contribution in [0.4, 0.5) is 15.9 Å². The zero-order chi connectivity index (χ0) is 24.3. The van der Waals surface area contributed by atoms with Crippen LogP contribution in [-0.4, -0.2) is 83.2 Å². The van der Waals surface area contributed by atoms with Crippen molar-refractivity contribution in [3.05, 3.63) is 48.4 Å². The molecule has 2 aliphatic heterocycles. The zero-order valence-corrected chi connectivity index (χ0v) is 18.7. The number of rotatable bonds is 5. The largest absolute Gasteiger partial charge is 0.355 e. The smallest absolute Gasteiger partial charge is 0.274 e. The van der Waals surface area contributed by atoms with Crippen LogP contribution in [0.1, 0.15) is 39.9 Å². The van der Waals surface area contributed by atoms with Crippen molar-refractivity contribution in [1.82, 2.24) is 19.8 Å². The first-order valence-corrected chi connectivity index (χ1v) is 11.3. The molecule has 2 aliphatic rings. The number of halogens is 1. The molecule has 2 aromatic heterocycles. The monoisotopic (exact) mass is 442 g/mol. The minimum absolute atomic E-state index is 0.198. The van der Waals surface area contributed by atoms with Crippen LogP contribution in [0, 0.1) is 0 Å². The zero-order valence-electron chi connectivity index (χ0n) is 20.7. The second kappa shape index (κ2) is 10.4. The lowest BCUT2D eigenvalue weighted by Gasteiger charge is -2.41. The van der Waals surface area contributed by atoms with Crippen molar-refractivity contribution >= 4 is 17.4 Å². The Morgan fingerprint density at radius 1 is 1.19 bits per heavy atom. The molecular formula is C24H33FN6O. The van der Waals surface area contributed by atoms with Crippen LogP contribution in [0.15, 0.2) is 42.7 Å². The summed E-state index contributed by atoms with van der Waals surface area (Å²) in [5.74, 6) is 0.0305. The van der Waals surface area contributed by atoms with E-state index < -0.39 is 12.7 Å². The minimum Gasteiger partial charge on any atom is -0.355 e. The van der Waals surface area contributed by atoms with Crippen molar-refractivity contribution in [2.24, 2.45) is 0 Å². The van der Waals surface area contributed by atoms with Gasteiger partial charge in [-0.05, 0) is 51.0 Å². The van der Waals surface area contributed by atoms with E-state index in [0.717, 1.165) is 13.0 Å². The number of anilines is 2. The highest BCUT2D eigenvalue weighted by Crippen LogP contribution is 2.24. The minimum atomic E-state index is -1.66. The van der Waals surface area contributed by atoms with Crippen molar-refractivity contribution in [2.45, 2.75) is 44.9 Å². The van der Waals surface area contributed by atoms with Crippen LogP contribution in [-0.2, 0) is 0 Å². The fourth-order valence-electron chi connectivity index (χ4n) is 4.40. The molecular weight excluding hydrogens is 407 g/mol. The number of nitrogens with zero attached hydrogens (tertiary/aromatic N) is 5. The maximum atomic E-state index is 15.1. The van der Waals surface area contributed by atoms with E-state index in [2.05, 4.69) is 38.9 Å². The van der Waals surface area contributed by atoms with Crippen LogP contribution >= 0.6 is 0 Å². The van der Waals surface area contributed by atoms with Gasteiger partial charge in [-0.25, -0.2) is 9.37 Å². The lowest BCUT2D eigenvalue weighted by atomic mass is 10.00. The molecule has 1 N–H and O–H groups in total. The Kier molecular flexibility index (Phi) is 6.49. The van der Waals surface area contributed by atoms with Crippen molar-refractivity contribution < 1.29 is 11.9 Å². The SMILES string of the molecule is [2H]C1([2H])CCN(C2CCN(C(C)C)CC2F)CCN1c1cccc(C(=O)Nc2ccncc2)n1. The van der Waals surface area contributed by atoms with Crippen LogP contribution in [0.25, 0.3) is 0 Å². The summed E-state index contributed by atoms with van der Waals surface area (Å²) in [7, 11) is 0. The predicted molar refractivity (Wildman–Crippen MR) is 125 cm³/mol. The molecule has 2 atom stereocenters. The second-order valence-electron chi connectivity index (χ2n) is 8.63. The topological polar surface area (TPSA) is 64.6 Å². The summed E-state index contributed by atoms with van der Waals surface area (Å²) in [4.78, 5) is 27.0. The van der Waals surface area contributed by atoms with E-state index in [9.17, 15) is 4.79 Å². The number of hydrogen-bond acceptors (Lipinski definition) is 6. The molecule has 172 valence electrons. The summed E-state index contributed by atoms with van der Waals surface area (Å²) in [6.45, 7) is 5.18. The van der Waals surface area contributed by atoms with Gasteiger partial charge in [0.15, 0.2) is 0 Å². The van der Waals surface area contributed by atoms with E-state index in [1.807, 2.05) is 0 Å². The lowest BCUT2D eigenvalue weighted by Crippen LogP contribution is -2.54. The normalized spacial score (nSPS) is 25.7. The molecule has 0 saturated carbocycles. The molecule has 0 radical (unpaired) electrons. The van der Waals surface area contributed by atoms with E-state index >= 15 is 4.39 Å². The molecule has 0 bridgehead atoms. The first kappa shape index (κ1) is 20.1. The van der Waals surface area contributed by atoms with Gasteiger partial charge in [-0.15, -0.1) is 0 Å². The Labute approximate surface area is 192 Å². The summed E-state index contributed by atoms with van der Waals surface area (Å²) in [5, 5.41) is 2.78. The fraction of sp³-hybridized carbons (Fsp3) is 0.542. The number of nitrogens with one attached hydrogen (secondary N) is 1. The molecule has 2 saturated heterocycles. The molecule has 8 heteroatoms. The Balaban J connectivity index is 1.46. The number of pyridine rings is 2. The third-order valence-electron chi connectivity index (χ3n) is 6.23. The van der Waals surface area contributed by atoms with E-state index in [4.69, 9.17) is 2.74 Å². The highest BCUT2D eigenvalue weighted by Gasteiger charge is 2.34. The van der Waals surface area contributed by atoms with Crippen LogP contribution < -0.4 is 10.2 Å². The highest BCUT2D eigenvalue weighted by atomic mass is 19.1. The van der Waals surface area contributed by atoms with Gasteiger partial charge in [0.25, 0.3) is 5.91 Å². The average molecular weight is 443 g/mol. The lowest BCUT2D eigenvalue weighted by molar-refractivity contribution is 0.0254.